The monoisotopic (exact) mass is 352 g/mol. The molecular weight excluding hydrogens is 336 g/mol. The number of carboxylic acid groups (broad SMARTS) is 2. The lowest BCUT2D eigenvalue weighted by atomic mass is 9.76. The van der Waals surface area contributed by atoms with Gasteiger partial charge in [-0.2, -0.15) is 0 Å². The molecule has 7 nitrogen and oxygen atoms in total. The molecule has 3 rings (SSSR count). The van der Waals surface area contributed by atoms with E-state index in [0.717, 1.165) is 0 Å². The molecule has 0 aromatic heterocycles. The molecule has 0 aliphatic heterocycles. The summed E-state index contributed by atoms with van der Waals surface area (Å²) >= 11 is 6.21. The van der Waals surface area contributed by atoms with Gasteiger partial charge in [0, 0.05) is 16.9 Å². The van der Waals surface area contributed by atoms with Crippen LogP contribution in [-0.2, 0) is 14.4 Å². The number of fused-ring (bicyclic) bond motifs is 1. The summed E-state index contributed by atoms with van der Waals surface area (Å²) in [4.78, 5) is 35.1. The first-order valence-electron chi connectivity index (χ1n) is 7.44. The second-order valence-corrected chi connectivity index (χ2v) is 7.04. The average molecular weight is 353 g/mol. The number of halogens is 1. The van der Waals surface area contributed by atoms with Crippen LogP contribution < -0.4 is 11.5 Å². The van der Waals surface area contributed by atoms with E-state index in [-0.39, 0.29) is 12.8 Å². The van der Waals surface area contributed by atoms with Gasteiger partial charge in [0.05, 0.1) is 5.92 Å². The molecule has 0 saturated heterocycles. The van der Waals surface area contributed by atoms with Crippen LogP contribution in [0.4, 0.5) is 0 Å². The van der Waals surface area contributed by atoms with Crippen molar-refractivity contribution in [2.45, 2.75) is 24.3 Å². The highest BCUT2D eigenvalue weighted by atomic mass is 35.5. The van der Waals surface area contributed by atoms with Gasteiger partial charge in [0.15, 0.2) is 0 Å². The van der Waals surface area contributed by atoms with Crippen molar-refractivity contribution in [2.75, 3.05) is 0 Å². The Morgan fingerprint density at radius 3 is 2.38 bits per heavy atom. The lowest BCUT2D eigenvalue weighted by Crippen LogP contribution is -2.56. The van der Waals surface area contributed by atoms with E-state index in [1.54, 1.807) is 24.3 Å². The number of nitrogens with two attached hydrogens (primary N) is 2. The van der Waals surface area contributed by atoms with Gasteiger partial charge in [0.2, 0.25) is 5.91 Å². The maximum Gasteiger partial charge on any atom is 0.324 e. The van der Waals surface area contributed by atoms with Gasteiger partial charge in [0.25, 0.3) is 0 Å². The van der Waals surface area contributed by atoms with Gasteiger partial charge in [-0.05, 0) is 29.9 Å². The third-order valence-electron chi connectivity index (χ3n) is 5.62. The van der Waals surface area contributed by atoms with Crippen LogP contribution in [0, 0.1) is 17.3 Å². The van der Waals surface area contributed by atoms with E-state index >= 15 is 0 Å². The summed E-state index contributed by atoms with van der Waals surface area (Å²) in [6.45, 7) is 0. The first-order chi connectivity index (χ1) is 11.2. The smallest absolute Gasteiger partial charge is 0.324 e. The van der Waals surface area contributed by atoms with Crippen LogP contribution in [0.2, 0.25) is 5.02 Å². The Bertz CT molecular complexity index is 754. The van der Waals surface area contributed by atoms with Gasteiger partial charge >= 0.3 is 11.9 Å². The van der Waals surface area contributed by atoms with E-state index < -0.39 is 46.6 Å². The van der Waals surface area contributed by atoms with E-state index in [0.29, 0.717) is 10.6 Å². The van der Waals surface area contributed by atoms with Crippen LogP contribution in [0.5, 0.6) is 0 Å². The molecule has 24 heavy (non-hydrogen) atoms. The number of carboxylic acids is 2. The molecule has 5 atom stereocenters. The molecule has 6 N–H and O–H groups in total. The Morgan fingerprint density at radius 1 is 1.25 bits per heavy atom. The minimum Gasteiger partial charge on any atom is -0.481 e. The van der Waals surface area contributed by atoms with Crippen molar-refractivity contribution in [3.05, 3.63) is 34.9 Å². The van der Waals surface area contributed by atoms with Crippen molar-refractivity contribution >= 4 is 29.4 Å². The fourth-order valence-corrected chi connectivity index (χ4v) is 4.99. The van der Waals surface area contributed by atoms with Crippen LogP contribution in [0.25, 0.3) is 0 Å². The zero-order chi connectivity index (χ0) is 17.9. The molecule has 2 aliphatic rings. The lowest BCUT2D eigenvalue weighted by Gasteiger charge is -2.31. The topological polar surface area (TPSA) is 144 Å². The van der Waals surface area contributed by atoms with E-state index in [1.165, 1.54) is 0 Å². The number of benzene rings is 1. The van der Waals surface area contributed by atoms with Crippen LogP contribution in [-0.4, -0.2) is 33.6 Å². The number of primary amides is 1. The number of hydrogen-bond donors (Lipinski definition) is 4. The molecule has 2 fully saturated rings. The van der Waals surface area contributed by atoms with Crippen LogP contribution in [0.3, 0.4) is 0 Å². The first kappa shape index (κ1) is 16.7. The van der Waals surface area contributed by atoms with Crippen molar-refractivity contribution in [1.82, 2.24) is 0 Å². The Morgan fingerprint density at radius 2 is 1.88 bits per heavy atom. The van der Waals surface area contributed by atoms with Gasteiger partial charge in [-0.1, -0.05) is 29.8 Å². The third-order valence-corrected chi connectivity index (χ3v) is 5.97. The number of carbonyl (C=O) groups is 3. The van der Waals surface area contributed by atoms with Crippen LogP contribution >= 0.6 is 11.6 Å². The molecule has 0 bridgehead atoms. The maximum atomic E-state index is 11.9. The lowest BCUT2D eigenvalue weighted by molar-refractivity contribution is -0.148. The predicted octanol–water partition coefficient (Wildman–Crippen LogP) is 0.802. The number of rotatable bonds is 5. The average Bonchev–Trinajstić information content (AvgIpc) is 3.07. The summed E-state index contributed by atoms with van der Waals surface area (Å²) in [7, 11) is 0. The van der Waals surface area contributed by atoms with Gasteiger partial charge in [-0.15, -0.1) is 0 Å². The van der Waals surface area contributed by atoms with E-state index in [1.807, 2.05) is 0 Å². The standard InChI is InChI=1S/C16H17ClN2O5/c17-9-4-2-1-3-7(9)8-5-16(19,14(23)24)15(6-10(18)20)11(8)12(15)13(21)22/h1-4,8,11-12H,5-6,19H2,(H2,18,20)(H,21,22)(H,23,24). The van der Waals surface area contributed by atoms with Gasteiger partial charge < -0.3 is 21.7 Å². The zero-order valence-corrected chi connectivity index (χ0v) is 13.4. The highest BCUT2D eigenvalue weighted by Crippen LogP contribution is 2.77. The van der Waals surface area contributed by atoms with E-state index in [4.69, 9.17) is 23.1 Å². The minimum atomic E-state index is -1.85. The molecule has 0 radical (unpaired) electrons. The Balaban J connectivity index is 2.15. The molecule has 2 aliphatic carbocycles. The minimum absolute atomic E-state index is 0.00773. The number of carbonyl (C=O) groups excluding carboxylic acids is 1. The number of aliphatic carboxylic acids is 2. The Labute approximate surface area is 142 Å². The highest BCUT2D eigenvalue weighted by molar-refractivity contribution is 6.31. The van der Waals surface area contributed by atoms with E-state index in [9.17, 15) is 24.6 Å². The van der Waals surface area contributed by atoms with Crippen LogP contribution in [0.1, 0.15) is 24.3 Å². The molecule has 8 heteroatoms. The third kappa shape index (κ3) is 1.98. The largest absolute Gasteiger partial charge is 0.481 e. The molecule has 2 saturated carbocycles. The molecule has 0 heterocycles. The molecule has 1 amide bonds. The van der Waals surface area contributed by atoms with Crippen molar-refractivity contribution in [3.63, 3.8) is 0 Å². The number of amides is 1. The highest BCUT2D eigenvalue weighted by Gasteiger charge is 2.84. The summed E-state index contributed by atoms with van der Waals surface area (Å²) in [6, 6.07) is 6.85. The predicted molar refractivity (Wildman–Crippen MR) is 84.2 cm³/mol. The zero-order valence-electron chi connectivity index (χ0n) is 12.6. The molecule has 0 spiro atoms. The quantitative estimate of drug-likeness (QED) is 0.617. The second-order valence-electron chi connectivity index (χ2n) is 6.63. The molecule has 1 aromatic carbocycles. The SMILES string of the molecule is NC(=O)CC12C(C(=O)O)C1C(c1ccccc1Cl)CC2(N)C(=O)O. The molecule has 128 valence electrons. The van der Waals surface area contributed by atoms with E-state index in [2.05, 4.69) is 0 Å². The van der Waals surface area contributed by atoms with Crippen molar-refractivity contribution in [2.24, 2.45) is 28.7 Å². The fraction of sp³-hybridized carbons (Fsp3) is 0.438. The molecular formula is C16H17ClN2O5. The normalized spacial score (nSPS) is 36.8. The van der Waals surface area contributed by atoms with Gasteiger partial charge in [-0.3, -0.25) is 14.4 Å². The summed E-state index contributed by atoms with van der Waals surface area (Å²) in [5.74, 6) is -5.36. The van der Waals surface area contributed by atoms with Crippen molar-refractivity contribution in [1.29, 1.82) is 0 Å². The van der Waals surface area contributed by atoms with Crippen LogP contribution in [0.15, 0.2) is 24.3 Å². The van der Waals surface area contributed by atoms with Crippen molar-refractivity contribution < 1.29 is 24.6 Å². The summed E-state index contributed by atoms with van der Waals surface area (Å²) in [5, 5.41) is 19.6. The molecule has 5 unspecified atom stereocenters. The first-order valence-corrected chi connectivity index (χ1v) is 7.82. The molecule has 1 aromatic rings. The number of hydrogen-bond acceptors (Lipinski definition) is 4. The van der Waals surface area contributed by atoms with Crippen molar-refractivity contribution in [3.8, 4) is 0 Å². The van der Waals surface area contributed by atoms with Gasteiger partial charge in [-0.25, -0.2) is 0 Å². The summed E-state index contributed by atoms with van der Waals surface area (Å²) in [6.07, 6.45) is -0.369. The Hall–Kier alpha value is -2.12. The maximum absolute atomic E-state index is 11.9. The summed E-state index contributed by atoms with van der Waals surface area (Å²) in [5.41, 5.74) is 8.85. The van der Waals surface area contributed by atoms with Gasteiger partial charge in [0.1, 0.15) is 5.54 Å². The summed E-state index contributed by atoms with van der Waals surface area (Å²) < 4.78 is 0. The second kappa shape index (κ2) is 5.19. The Kier molecular flexibility index (Phi) is 3.62. The fourth-order valence-electron chi connectivity index (χ4n) is 4.71.